The van der Waals surface area contributed by atoms with Gasteiger partial charge in [0.15, 0.2) is 0 Å². The van der Waals surface area contributed by atoms with E-state index in [0.717, 1.165) is 30.5 Å². The molecule has 92 valence electrons. The van der Waals surface area contributed by atoms with Gasteiger partial charge in [-0.15, -0.1) is 0 Å². The lowest BCUT2D eigenvalue weighted by Gasteiger charge is -2.41. The highest BCUT2D eigenvalue weighted by atomic mass is 16.2. The van der Waals surface area contributed by atoms with Gasteiger partial charge in [-0.25, -0.2) is 0 Å². The molecule has 0 aromatic heterocycles. The van der Waals surface area contributed by atoms with Crippen molar-refractivity contribution in [2.75, 3.05) is 18.5 Å². The van der Waals surface area contributed by atoms with Crippen LogP contribution < -0.4 is 10.6 Å². The van der Waals surface area contributed by atoms with Gasteiger partial charge in [0.25, 0.3) is 0 Å². The smallest absolute Gasteiger partial charge is 0.234 e. The van der Waals surface area contributed by atoms with Crippen molar-refractivity contribution in [2.24, 2.45) is 11.1 Å². The molecular weight excluding hydrogens is 212 g/mol. The Morgan fingerprint density at radius 3 is 2.65 bits per heavy atom. The molecule has 1 aliphatic rings. The lowest BCUT2D eigenvalue weighted by atomic mass is 9.68. The fourth-order valence-corrected chi connectivity index (χ4v) is 2.42. The fourth-order valence-electron chi connectivity index (χ4n) is 2.42. The van der Waals surface area contributed by atoms with Gasteiger partial charge >= 0.3 is 0 Å². The summed E-state index contributed by atoms with van der Waals surface area (Å²) >= 11 is 0. The number of amides is 1. The van der Waals surface area contributed by atoms with Gasteiger partial charge in [0.05, 0.1) is 5.41 Å². The first-order chi connectivity index (χ1) is 8.09. The third-order valence-corrected chi connectivity index (χ3v) is 3.85. The highest BCUT2D eigenvalue weighted by Gasteiger charge is 2.44. The van der Waals surface area contributed by atoms with Crippen molar-refractivity contribution >= 4 is 11.6 Å². The van der Waals surface area contributed by atoms with Gasteiger partial charge in [-0.1, -0.05) is 18.6 Å². The summed E-state index contributed by atoms with van der Waals surface area (Å²) in [6.45, 7) is 2.49. The average Bonchev–Trinajstić information content (AvgIpc) is 2.27. The summed E-state index contributed by atoms with van der Waals surface area (Å²) in [5.41, 5.74) is 7.59. The van der Waals surface area contributed by atoms with Crippen LogP contribution in [0, 0.1) is 12.3 Å². The number of aryl methyl sites for hydroxylation is 1. The van der Waals surface area contributed by atoms with Crippen LogP contribution in [0.1, 0.15) is 24.8 Å². The SMILES string of the molecule is Cc1cccc(N(C)C(=O)C2(CN)CCC2)c1. The second-order valence-electron chi connectivity index (χ2n) is 5.04. The molecule has 1 aromatic rings. The van der Waals surface area contributed by atoms with E-state index < -0.39 is 0 Å². The number of benzene rings is 1. The number of nitrogens with zero attached hydrogens (tertiary/aromatic N) is 1. The van der Waals surface area contributed by atoms with Gasteiger partial charge in [-0.3, -0.25) is 4.79 Å². The van der Waals surface area contributed by atoms with E-state index in [2.05, 4.69) is 0 Å². The number of hydrogen-bond donors (Lipinski definition) is 1. The van der Waals surface area contributed by atoms with Crippen molar-refractivity contribution < 1.29 is 4.79 Å². The number of carbonyl (C=O) groups is 1. The van der Waals surface area contributed by atoms with Crippen molar-refractivity contribution in [3.8, 4) is 0 Å². The van der Waals surface area contributed by atoms with Crippen molar-refractivity contribution in [2.45, 2.75) is 26.2 Å². The molecule has 0 saturated heterocycles. The number of carbonyl (C=O) groups excluding carboxylic acids is 1. The Bertz CT molecular complexity index is 418. The van der Waals surface area contributed by atoms with Crippen LogP contribution in [0.3, 0.4) is 0 Å². The van der Waals surface area contributed by atoms with E-state index in [-0.39, 0.29) is 11.3 Å². The normalized spacial score (nSPS) is 17.4. The van der Waals surface area contributed by atoms with Crippen molar-refractivity contribution in [3.05, 3.63) is 29.8 Å². The highest BCUT2D eigenvalue weighted by Crippen LogP contribution is 2.42. The molecular formula is C14H20N2O. The maximum atomic E-state index is 12.4. The van der Waals surface area contributed by atoms with E-state index in [1.165, 1.54) is 0 Å². The van der Waals surface area contributed by atoms with Crippen molar-refractivity contribution in [1.29, 1.82) is 0 Å². The lowest BCUT2D eigenvalue weighted by molar-refractivity contribution is -0.131. The summed E-state index contributed by atoms with van der Waals surface area (Å²) in [5.74, 6) is 0.164. The summed E-state index contributed by atoms with van der Waals surface area (Å²) in [6, 6.07) is 8.00. The molecule has 0 aliphatic heterocycles. The Morgan fingerprint density at radius 1 is 1.47 bits per heavy atom. The number of anilines is 1. The zero-order chi connectivity index (χ0) is 12.5. The van der Waals surface area contributed by atoms with Crippen LogP contribution in [-0.4, -0.2) is 19.5 Å². The Hall–Kier alpha value is -1.35. The molecule has 0 spiro atoms. The van der Waals surface area contributed by atoms with E-state index in [9.17, 15) is 4.79 Å². The quantitative estimate of drug-likeness (QED) is 0.867. The molecule has 3 nitrogen and oxygen atoms in total. The van der Waals surface area contributed by atoms with Crippen LogP contribution in [0.25, 0.3) is 0 Å². The van der Waals surface area contributed by atoms with Crippen molar-refractivity contribution in [1.82, 2.24) is 0 Å². The molecule has 1 amide bonds. The van der Waals surface area contributed by atoms with E-state index in [4.69, 9.17) is 5.73 Å². The van der Waals surface area contributed by atoms with Crippen LogP contribution in [0.15, 0.2) is 24.3 Å². The zero-order valence-corrected chi connectivity index (χ0v) is 10.6. The van der Waals surface area contributed by atoms with E-state index in [1.807, 2.05) is 38.2 Å². The summed E-state index contributed by atoms with van der Waals surface area (Å²) in [5, 5.41) is 0. The summed E-state index contributed by atoms with van der Waals surface area (Å²) in [6.07, 6.45) is 2.97. The number of hydrogen-bond acceptors (Lipinski definition) is 2. The molecule has 0 unspecified atom stereocenters. The third-order valence-electron chi connectivity index (χ3n) is 3.85. The van der Waals surface area contributed by atoms with Gasteiger partial charge < -0.3 is 10.6 Å². The molecule has 1 saturated carbocycles. The second kappa shape index (κ2) is 4.49. The molecule has 0 bridgehead atoms. The monoisotopic (exact) mass is 232 g/mol. The third kappa shape index (κ3) is 2.07. The Balaban J connectivity index is 2.20. The first-order valence-electron chi connectivity index (χ1n) is 6.14. The van der Waals surface area contributed by atoms with E-state index in [0.29, 0.717) is 6.54 Å². The first-order valence-corrected chi connectivity index (χ1v) is 6.14. The lowest BCUT2D eigenvalue weighted by Crippen LogP contribution is -2.51. The maximum Gasteiger partial charge on any atom is 0.234 e. The molecule has 17 heavy (non-hydrogen) atoms. The largest absolute Gasteiger partial charge is 0.329 e. The van der Waals surface area contributed by atoms with Gasteiger partial charge in [-0.2, -0.15) is 0 Å². The molecule has 1 fully saturated rings. The maximum absolute atomic E-state index is 12.4. The van der Waals surface area contributed by atoms with Crippen LogP contribution in [0.5, 0.6) is 0 Å². The van der Waals surface area contributed by atoms with Crippen molar-refractivity contribution in [3.63, 3.8) is 0 Å². The summed E-state index contributed by atoms with van der Waals surface area (Å²) in [7, 11) is 1.84. The Kier molecular flexibility index (Phi) is 3.20. The highest BCUT2D eigenvalue weighted by molar-refractivity contribution is 5.97. The zero-order valence-electron chi connectivity index (χ0n) is 10.6. The van der Waals surface area contributed by atoms with Gasteiger partial charge in [0.1, 0.15) is 0 Å². The number of rotatable bonds is 3. The standard InChI is InChI=1S/C14H20N2O/c1-11-5-3-6-12(9-11)16(2)13(17)14(10-15)7-4-8-14/h3,5-6,9H,4,7-8,10,15H2,1-2H3. The molecule has 1 aromatic carbocycles. The van der Waals surface area contributed by atoms with Crippen LogP contribution in [-0.2, 0) is 4.79 Å². The minimum atomic E-state index is -0.293. The topological polar surface area (TPSA) is 46.3 Å². The fraction of sp³-hybridized carbons (Fsp3) is 0.500. The van der Waals surface area contributed by atoms with Gasteiger partial charge in [-0.05, 0) is 37.5 Å². The van der Waals surface area contributed by atoms with E-state index >= 15 is 0 Å². The predicted molar refractivity (Wildman–Crippen MR) is 69.9 cm³/mol. The first kappa shape index (κ1) is 12.1. The van der Waals surface area contributed by atoms with E-state index in [1.54, 1.807) is 4.90 Å². The number of nitrogens with two attached hydrogens (primary N) is 1. The summed E-state index contributed by atoms with van der Waals surface area (Å²) < 4.78 is 0. The average molecular weight is 232 g/mol. The summed E-state index contributed by atoms with van der Waals surface area (Å²) in [4.78, 5) is 14.2. The minimum absolute atomic E-state index is 0.164. The van der Waals surface area contributed by atoms with Gasteiger partial charge in [0.2, 0.25) is 5.91 Å². The molecule has 2 rings (SSSR count). The molecule has 3 heteroatoms. The molecule has 0 radical (unpaired) electrons. The van der Waals surface area contributed by atoms with Crippen LogP contribution in [0.4, 0.5) is 5.69 Å². The van der Waals surface area contributed by atoms with Gasteiger partial charge in [0, 0.05) is 19.3 Å². The molecule has 0 atom stereocenters. The second-order valence-corrected chi connectivity index (χ2v) is 5.04. The van der Waals surface area contributed by atoms with Crippen LogP contribution in [0.2, 0.25) is 0 Å². The van der Waals surface area contributed by atoms with Crippen LogP contribution >= 0.6 is 0 Å². The molecule has 0 heterocycles. The minimum Gasteiger partial charge on any atom is -0.329 e. The Morgan fingerprint density at radius 2 is 2.18 bits per heavy atom. The molecule has 1 aliphatic carbocycles. The molecule has 2 N–H and O–H groups in total. The Labute approximate surface area is 103 Å². The predicted octanol–water partition coefficient (Wildman–Crippen LogP) is 2.09.